The molecule has 1 aromatic carbocycles. The first-order valence-electron chi connectivity index (χ1n) is 4.30. The average Bonchev–Trinajstić information content (AvgIpc) is 2.24. The number of hydrogen-bond acceptors (Lipinski definition) is 3. The van der Waals surface area contributed by atoms with Crippen LogP contribution in [0, 0.1) is 5.82 Å². The third-order valence-corrected chi connectivity index (χ3v) is 2.31. The SMILES string of the molecule is CNC(C(=O)OC)c1ccc(Cl)c(F)c1. The largest absolute Gasteiger partial charge is 0.468 e. The molecule has 0 bridgehead atoms. The molecule has 82 valence electrons. The summed E-state index contributed by atoms with van der Waals surface area (Å²) in [5.41, 5.74) is 0.478. The van der Waals surface area contributed by atoms with Gasteiger partial charge in [-0.3, -0.25) is 0 Å². The molecule has 0 radical (unpaired) electrons. The zero-order valence-corrected chi connectivity index (χ0v) is 9.14. The Balaban J connectivity index is 3.02. The maximum atomic E-state index is 13.1. The van der Waals surface area contributed by atoms with Gasteiger partial charge in [-0.1, -0.05) is 17.7 Å². The summed E-state index contributed by atoms with van der Waals surface area (Å²) < 4.78 is 17.7. The summed E-state index contributed by atoms with van der Waals surface area (Å²) in [6, 6.07) is 3.51. The Bertz CT molecular complexity index is 370. The molecule has 15 heavy (non-hydrogen) atoms. The van der Waals surface area contributed by atoms with Crippen molar-refractivity contribution in [3.8, 4) is 0 Å². The molecular weight excluding hydrogens is 221 g/mol. The molecule has 0 aliphatic rings. The van der Waals surface area contributed by atoms with Crippen LogP contribution in [0.3, 0.4) is 0 Å². The molecule has 0 saturated carbocycles. The molecule has 1 atom stereocenters. The highest BCUT2D eigenvalue weighted by Crippen LogP contribution is 2.20. The summed E-state index contributed by atoms with van der Waals surface area (Å²) in [7, 11) is 2.87. The fourth-order valence-electron chi connectivity index (χ4n) is 1.23. The van der Waals surface area contributed by atoms with Crippen LogP contribution < -0.4 is 5.32 Å². The molecule has 0 spiro atoms. The van der Waals surface area contributed by atoms with E-state index in [0.717, 1.165) is 0 Å². The van der Waals surface area contributed by atoms with Crippen molar-refractivity contribution in [3.05, 3.63) is 34.6 Å². The molecule has 0 heterocycles. The van der Waals surface area contributed by atoms with Gasteiger partial charge in [0.1, 0.15) is 11.9 Å². The van der Waals surface area contributed by atoms with Gasteiger partial charge in [-0.2, -0.15) is 0 Å². The van der Waals surface area contributed by atoms with Gasteiger partial charge in [0.25, 0.3) is 0 Å². The zero-order chi connectivity index (χ0) is 11.4. The number of carbonyl (C=O) groups is 1. The van der Waals surface area contributed by atoms with Crippen molar-refractivity contribution >= 4 is 17.6 Å². The Morgan fingerprint density at radius 3 is 2.73 bits per heavy atom. The first-order valence-corrected chi connectivity index (χ1v) is 4.68. The second-order valence-corrected chi connectivity index (χ2v) is 3.33. The third-order valence-electron chi connectivity index (χ3n) is 2.00. The molecule has 0 aromatic heterocycles. The van der Waals surface area contributed by atoms with Crippen LogP contribution in [-0.2, 0) is 9.53 Å². The molecule has 1 rings (SSSR count). The number of likely N-dealkylation sites (N-methyl/N-ethyl adjacent to an activating group) is 1. The number of nitrogens with one attached hydrogen (secondary N) is 1. The Kier molecular flexibility index (Phi) is 4.05. The van der Waals surface area contributed by atoms with Gasteiger partial charge in [-0.15, -0.1) is 0 Å². The van der Waals surface area contributed by atoms with Gasteiger partial charge < -0.3 is 10.1 Å². The highest BCUT2D eigenvalue weighted by atomic mass is 35.5. The topological polar surface area (TPSA) is 38.3 Å². The first kappa shape index (κ1) is 11.9. The lowest BCUT2D eigenvalue weighted by molar-refractivity contribution is -0.143. The van der Waals surface area contributed by atoms with Crippen LogP contribution in [0.5, 0.6) is 0 Å². The summed E-state index contributed by atoms with van der Waals surface area (Å²) in [6.07, 6.45) is 0. The fraction of sp³-hybridized carbons (Fsp3) is 0.300. The smallest absolute Gasteiger partial charge is 0.327 e. The highest BCUT2D eigenvalue weighted by molar-refractivity contribution is 6.30. The zero-order valence-electron chi connectivity index (χ0n) is 8.38. The summed E-state index contributed by atoms with van der Waals surface area (Å²) in [5.74, 6) is -1.03. The van der Waals surface area contributed by atoms with Gasteiger partial charge in [-0.05, 0) is 24.7 Å². The molecule has 0 aliphatic heterocycles. The van der Waals surface area contributed by atoms with Gasteiger partial charge in [0.2, 0.25) is 0 Å². The van der Waals surface area contributed by atoms with Crippen molar-refractivity contribution in [2.45, 2.75) is 6.04 Å². The van der Waals surface area contributed by atoms with Gasteiger partial charge in [0, 0.05) is 0 Å². The van der Waals surface area contributed by atoms with E-state index in [0.29, 0.717) is 5.56 Å². The first-order chi connectivity index (χ1) is 7.10. The third kappa shape index (κ3) is 2.67. The van der Waals surface area contributed by atoms with Crippen LogP contribution in [0.1, 0.15) is 11.6 Å². The molecule has 1 aromatic rings. The Labute approximate surface area is 92.2 Å². The van der Waals surface area contributed by atoms with Crippen molar-refractivity contribution in [2.75, 3.05) is 14.2 Å². The number of hydrogen-bond donors (Lipinski definition) is 1. The lowest BCUT2D eigenvalue weighted by atomic mass is 10.1. The van der Waals surface area contributed by atoms with Crippen LogP contribution in [0.25, 0.3) is 0 Å². The van der Waals surface area contributed by atoms with E-state index in [1.54, 1.807) is 13.1 Å². The average molecular weight is 232 g/mol. The maximum absolute atomic E-state index is 13.1. The normalized spacial score (nSPS) is 12.3. The van der Waals surface area contributed by atoms with E-state index in [4.69, 9.17) is 11.6 Å². The molecule has 1 unspecified atom stereocenters. The second-order valence-electron chi connectivity index (χ2n) is 2.92. The second kappa shape index (κ2) is 5.09. The predicted octanol–water partition coefficient (Wildman–Crippen LogP) is 1.91. The van der Waals surface area contributed by atoms with E-state index in [1.807, 2.05) is 0 Å². The molecule has 0 fully saturated rings. The number of ether oxygens (including phenoxy) is 1. The maximum Gasteiger partial charge on any atom is 0.327 e. The van der Waals surface area contributed by atoms with E-state index < -0.39 is 17.8 Å². The lowest BCUT2D eigenvalue weighted by Gasteiger charge is -2.14. The van der Waals surface area contributed by atoms with Crippen LogP contribution in [0.2, 0.25) is 5.02 Å². The van der Waals surface area contributed by atoms with Crippen molar-refractivity contribution < 1.29 is 13.9 Å². The summed E-state index contributed by atoms with van der Waals surface area (Å²) in [5, 5.41) is 2.76. The molecule has 1 N–H and O–H groups in total. The Morgan fingerprint density at radius 2 is 2.27 bits per heavy atom. The number of carbonyl (C=O) groups excluding carboxylic acids is 1. The summed E-state index contributed by atoms with van der Waals surface area (Å²) >= 11 is 5.53. The minimum absolute atomic E-state index is 0.0264. The van der Waals surface area contributed by atoms with E-state index >= 15 is 0 Å². The number of esters is 1. The van der Waals surface area contributed by atoms with Crippen molar-refractivity contribution in [1.29, 1.82) is 0 Å². The molecule has 0 aliphatic carbocycles. The lowest BCUT2D eigenvalue weighted by Crippen LogP contribution is -2.26. The Hall–Kier alpha value is -1.13. The van der Waals surface area contributed by atoms with Crippen LogP contribution in [0.4, 0.5) is 4.39 Å². The van der Waals surface area contributed by atoms with E-state index in [9.17, 15) is 9.18 Å². The number of rotatable bonds is 3. The quantitative estimate of drug-likeness (QED) is 0.808. The summed E-state index contributed by atoms with van der Waals surface area (Å²) in [6.45, 7) is 0. The standard InChI is InChI=1S/C10H11ClFNO2/c1-13-9(10(14)15-2)6-3-4-7(11)8(12)5-6/h3-5,9,13H,1-2H3. The van der Waals surface area contributed by atoms with Crippen LogP contribution >= 0.6 is 11.6 Å². The monoisotopic (exact) mass is 231 g/mol. The van der Waals surface area contributed by atoms with Gasteiger partial charge >= 0.3 is 5.97 Å². The Morgan fingerprint density at radius 1 is 1.60 bits per heavy atom. The molecule has 0 amide bonds. The minimum atomic E-state index is -0.679. The summed E-state index contributed by atoms with van der Waals surface area (Å²) in [4.78, 5) is 11.3. The fourth-order valence-corrected chi connectivity index (χ4v) is 1.35. The molecular formula is C10H11ClFNO2. The van der Waals surface area contributed by atoms with Gasteiger partial charge in [0.05, 0.1) is 12.1 Å². The molecule has 5 heteroatoms. The van der Waals surface area contributed by atoms with E-state index in [1.165, 1.54) is 19.2 Å². The number of benzene rings is 1. The molecule has 0 saturated heterocycles. The van der Waals surface area contributed by atoms with Crippen molar-refractivity contribution in [2.24, 2.45) is 0 Å². The minimum Gasteiger partial charge on any atom is -0.468 e. The van der Waals surface area contributed by atoms with Crippen LogP contribution in [-0.4, -0.2) is 20.1 Å². The van der Waals surface area contributed by atoms with Crippen molar-refractivity contribution in [3.63, 3.8) is 0 Å². The highest BCUT2D eigenvalue weighted by Gasteiger charge is 2.19. The van der Waals surface area contributed by atoms with Crippen LogP contribution in [0.15, 0.2) is 18.2 Å². The van der Waals surface area contributed by atoms with E-state index in [2.05, 4.69) is 10.1 Å². The van der Waals surface area contributed by atoms with Gasteiger partial charge in [-0.25, -0.2) is 9.18 Å². The number of halogens is 2. The molecule has 3 nitrogen and oxygen atoms in total. The van der Waals surface area contributed by atoms with Crippen molar-refractivity contribution in [1.82, 2.24) is 5.32 Å². The van der Waals surface area contributed by atoms with Gasteiger partial charge in [0.15, 0.2) is 0 Å². The number of methoxy groups -OCH3 is 1. The predicted molar refractivity (Wildman–Crippen MR) is 55.2 cm³/mol. The van der Waals surface area contributed by atoms with E-state index in [-0.39, 0.29) is 5.02 Å².